The number of hydrogen-bond acceptors (Lipinski definition) is 4. The number of nitrogens with two attached hydrogens (primary N) is 1. The molecule has 0 saturated heterocycles. The molecule has 0 saturated carbocycles. The second kappa shape index (κ2) is 5.81. The molecule has 0 aromatic carbocycles. The quantitative estimate of drug-likeness (QED) is 0.666. The predicted molar refractivity (Wildman–Crippen MR) is 78.4 cm³/mol. The van der Waals surface area contributed by atoms with Gasteiger partial charge in [-0.2, -0.15) is 5.10 Å². The summed E-state index contributed by atoms with van der Waals surface area (Å²) in [7, 11) is 1.94. The van der Waals surface area contributed by atoms with E-state index in [-0.39, 0.29) is 6.04 Å². The minimum absolute atomic E-state index is 0.0137. The molecule has 0 bridgehead atoms. The summed E-state index contributed by atoms with van der Waals surface area (Å²) in [6, 6.07) is 3.99. The van der Waals surface area contributed by atoms with E-state index in [1.807, 2.05) is 37.7 Å². The van der Waals surface area contributed by atoms with Gasteiger partial charge in [0.05, 0.1) is 21.9 Å². The van der Waals surface area contributed by atoms with Crippen molar-refractivity contribution in [3.05, 3.63) is 45.4 Å². The number of hydrogen-bond donors (Lipinski definition) is 2. The fourth-order valence-corrected chi connectivity index (χ4v) is 2.72. The standard InChI is InChI=1S/C13H18BrN5/c1-8-10(5-4-6-16-8)11(17-15)7-12-13(14)9(2)18-19(12)3/h4-6,11,17H,7,15H2,1-3H3. The largest absolute Gasteiger partial charge is 0.271 e. The second-order valence-corrected chi connectivity index (χ2v) is 5.36. The average molecular weight is 324 g/mol. The summed E-state index contributed by atoms with van der Waals surface area (Å²) in [5.41, 5.74) is 7.06. The van der Waals surface area contributed by atoms with E-state index in [1.165, 1.54) is 0 Å². The highest BCUT2D eigenvalue weighted by molar-refractivity contribution is 9.10. The molecule has 0 radical (unpaired) electrons. The number of aromatic nitrogens is 3. The van der Waals surface area contributed by atoms with Gasteiger partial charge in [0, 0.05) is 25.4 Å². The van der Waals surface area contributed by atoms with Crippen molar-refractivity contribution < 1.29 is 0 Å². The molecule has 1 unspecified atom stereocenters. The van der Waals surface area contributed by atoms with Crippen molar-refractivity contribution >= 4 is 15.9 Å². The van der Waals surface area contributed by atoms with Crippen molar-refractivity contribution in [2.45, 2.75) is 26.3 Å². The Morgan fingerprint density at radius 2 is 2.16 bits per heavy atom. The lowest BCUT2D eigenvalue weighted by Gasteiger charge is -2.18. The van der Waals surface area contributed by atoms with Gasteiger partial charge in [0.15, 0.2) is 0 Å². The maximum absolute atomic E-state index is 5.71. The van der Waals surface area contributed by atoms with Gasteiger partial charge in [0.25, 0.3) is 0 Å². The first-order valence-electron chi connectivity index (χ1n) is 6.10. The number of nitrogens with one attached hydrogen (secondary N) is 1. The fourth-order valence-electron chi connectivity index (χ4n) is 2.22. The monoisotopic (exact) mass is 323 g/mol. The van der Waals surface area contributed by atoms with Gasteiger partial charge < -0.3 is 0 Å². The highest BCUT2D eigenvalue weighted by Crippen LogP contribution is 2.26. The molecule has 2 rings (SSSR count). The van der Waals surface area contributed by atoms with E-state index < -0.39 is 0 Å². The highest BCUT2D eigenvalue weighted by atomic mass is 79.9. The van der Waals surface area contributed by atoms with Crippen molar-refractivity contribution in [3.63, 3.8) is 0 Å². The normalized spacial score (nSPS) is 12.7. The van der Waals surface area contributed by atoms with Crippen LogP contribution in [-0.2, 0) is 13.5 Å². The molecule has 19 heavy (non-hydrogen) atoms. The minimum atomic E-state index is 0.0137. The van der Waals surface area contributed by atoms with Crippen LogP contribution in [-0.4, -0.2) is 14.8 Å². The van der Waals surface area contributed by atoms with Gasteiger partial charge in [0.2, 0.25) is 0 Å². The summed E-state index contributed by atoms with van der Waals surface area (Å²) in [6.45, 7) is 3.97. The number of aryl methyl sites for hydroxylation is 3. The van der Waals surface area contributed by atoms with E-state index in [0.717, 1.165) is 33.5 Å². The average Bonchev–Trinajstić information content (AvgIpc) is 2.63. The summed E-state index contributed by atoms with van der Waals surface area (Å²) in [4.78, 5) is 4.31. The van der Waals surface area contributed by atoms with Gasteiger partial charge >= 0.3 is 0 Å². The van der Waals surface area contributed by atoms with Crippen LogP contribution >= 0.6 is 15.9 Å². The number of halogens is 1. The van der Waals surface area contributed by atoms with Gasteiger partial charge in [-0.15, -0.1) is 0 Å². The summed E-state index contributed by atoms with van der Waals surface area (Å²) < 4.78 is 2.92. The highest BCUT2D eigenvalue weighted by Gasteiger charge is 2.18. The molecule has 0 spiro atoms. The van der Waals surface area contributed by atoms with Crippen LogP contribution in [0.1, 0.15) is 28.7 Å². The summed E-state index contributed by atoms with van der Waals surface area (Å²) in [5, 5.41) is 4.40. The molecule has 102 valence electrons. The van der Waals surface area contributed by atoms with Crippen LogP contribution in [0.25, 0.3) is 0 Å². The van der Waals surface area contributed by atoms with Crippen LogP contribution in [0, 0.1) is 13.8 Å². The van der Waals surface area contributed by atoms with E-state index >= 15 is 0 Å². The predicted octanol–water partition coefficient (Wildman–Crippen LogP) is 1.94. The van der Waals surface area contributed by atoms with Crippen molar-refractivity contribution in [2.75, 3.05) is 0 Å². The third-order valence-electron chi connectivity index (χ3n) is 3.28. The number of nitrogens with zero attached hydrogens (tertiary/aromatic N) is 3. The molecule has 3 N–H and O–H groups in total. The van der Waals surface area contributed by atoms with Crippen molar-refractivity contribution in [1.82, 2.24) is 20.2 Å². The van der Waals surface area contributed by atoms with Gasteiger partial charge in [-0.05, 0) is 41.4 Å². The van der Waals surface area contributed by atoms with Gasteiger partial charge in [0.1, 0.15) is 0 Å². The Labute approximate surface area is 121 Å². The first kappa shape index (κ1) is 14.2. The van der Waals surface area contributed by atoms with E-state index in [1.54, 1.807) is 6.20 Å². The van der Waals surface area contributed by atoms with Crippen LogP contribution in [0.4, 0.5) is 0 Å². The lowest BCUT2D eigenvalue weighted by atomic mass is 10.0. The smallest absolute Gasteiger partial charge is 0.0738 e. The Kier molecular flexibility index (Phi) is 4.34. The second-order valence-electron chi connectivity index (χ2n) is 4.57. The summed E-state index contributed by atoms with van der Waals surface area (Å²) >= 11 is 3.58. The molecule has 6 heteroatoms. The molecule has 1 atom stereocenters. The Hall–Kier alpha value is -1.24. The maximum Gasteiger partial charge on any atom is 0.0738 e. The number of pyridine rings is 1. The maximum atomic E-state index is 5.71. The zero-order chi connectivity index (χ0) is 14.0. The lowest BCUT2D eigenvalue weighted by molar-refractivity contribution is 0.525. The summed E-state index contributed by atoms with van der Waals surface area (Å²) in [5.74, 6) is 5.71. The molecule has 5 nitrogen and oxygen atoms in total. The number of hydrazine groups is 1. The summed E-state index contributed by atoms with van der Waals surface area (Å²) in [6.07, 6.45) is 2.54. The third kappa shape index (κ3) is 2.86. The number of rotatable bonds is 4. The topological polar surface area (TPSA) is 68.8 Å². The molecular weight excluding hydrogens is 306 g/mol. The van der Waals surface area contributed by atoms with Crippen LogP contribution in [0.15, 0.2) is 22.8 Å². The third-order valence-corrected chi connectivity index (χ3v) is 4.32. The van der Waals surface area contributed by atoms with Crippen molar-refractivity contribution in [3.8, 4) is 0 Å². The van der Waals surface area contributed by atoms with Crippen LogP contribution in [0.3, 0.4) is 0 Å². The van der Waals surface area contributed by atoms with Crippen LogP contribution < -0.4 is 11.3 Å². The molecule has 0 amide bonds. The zero-order valence-corrected chi connectivity index (χ0v) is 12.9. The lowest BCUT2D eigenvalue weighted by Crippen LogP contribution is -2.31. The fraction of sp³-hybridized carbons (Fsp3) is 0.385. The first-order chi connectivity index (χ1) is 9.04. The van der Waals surface area contributed by atoms with E-state index in [4.69, 9.17) is 5.84 Å². The van der Waals surface area contributed by atoms with Gasteiger partial charge in [-0.25, -0.2) is 0 Å². The molecule has 0 fully saturated rings. The molecule has 0 aliphatic heterocycles. The van der Waals surface area contributed by atoms with Gasteiger partial charge in [-0.1, -0.05) is 6.07 Å². The van der Waals surface area contributed by atoms with E-state index in [0.29, 0.717) is 0 Å². The molecule has 0 aliphatic rings. The first-order valence-corrected chi connectivity index (χ1v) is 6.89. The molecule has 2 aromatic heterocycles. The van der Waals surface area contributed by atoms with Crippen molar-refractivity contribution in [2.24, 2.45) is 12.9 Å². The Morgan fingerprint density at radius 1 is 1.42 bits per heavy atom. The van der Waals surface area contributed by atoms with Gasteiger partial charge in [-0.3, -0.25) is 20.9 Å². The van der Waals surface area contributed by atoms with Crippen LogP contribution in [0.2, 0.25) is 0 Å². The molecule has 2 aromatic rings. The van der Waals surface area contributed by atoms with Crippen LogP contribution in [0.5, 0.6) is 0 Å². The van der Waals surface area contributed by atoms with E-state index in [9.17, 15) is 0 Å². The van der Waals surface area contributed by atoms with E-state index in [2.05, 4.69) is 31.4 Å². The zero-order valence-electron chi connectivity index (χ0n) is 11.3. The van der Waals surface area contributed by atoms with Crippen molar-refractivity contribution in [1.29, 1.82) is 0 Å². The molecular formula is C13H18BrN5. The molecule has 0 aliphatic carbocycles. The molecule has 2 heterocycles. The minimum Gasteiger partial charge on any atom is -0.271 e. The Balaban J connectivity index is 2.32. The SMILES string of the molecule is Cc1ncccc1C(Cc1c(Br)c(C)nn1C)NN. The Bertz CT molecular complexity index is 578. The Morgan fingerprint density at radius 3 is 2.68 bits per heavy atom.